The van der Waals surface area contributed by atoms with E-state index in [0.29, 0.717) is 17.0 Å². The van der Waals surface area contributed by atoms with E-state index in [1.807, 2.05) is 0 Å². The Balaban J connectivity index is 1.65. The van der Waals surface area contributed by atoms with Gasteiger partial charge in [0.1, 0.15) is 5.75 Å². The molecule has 27 heavy (non-hydrogen) atoms. The van der Waals surface area contributed by atoms with Crippen molar-refractivity contribution in [1.29, 1.82) is 0 Å². The second kappa shape index (κ2) is 7.81. The van der Waals surface area contributed by atoms with E-state index in [-0.39, 0.29) is 35.0 Å². The summed E-state index contributed by atoms with van der Waals surface area (Å²) in [5.41, 5.74) is 0.358. The largest absolute Gasteiger partial charge is 0.425 e. The Morgan fingerprint density at radius 2 is 2.00 bits per heavy atom. The Kier molecular flexibility index (Phi) is 5.48. The number of aryl methyl sites for hydroxylation is 1. The minimum absolute atomic E-state index is 0.0328. The molecular formula is C17H12Cl2N2O6. The number of aromatic nitrogens is 1. The van der Waals surface area contributed by atoms with Crippen molar-refractivity contribution < 1.29 is 18.9 Å². The number of nitro benzene ring substituents is 1. The number of nitro groups is 1. The summed E-state index contributed by atoms with van der Waals surface area (Å²) in [6.07, 6.45) is 0.334. The van der Waals surface area contributed by atoms with Gasteiger partial charge in [0.25, 0.3) is 5.69 Å². The van der Waals surface area contributed by atoms with Crippen LogP contribution in [0.1, 0.15) is 12.8 Å². The zero-order valence-corrected chi connectivity index (χ0v) is 15.2. The Morgan fingerprint density at radius 3 is 2.70 bits per heavy atom. The highest BCUT2D eigenvalue weighted by Crippen LogP contribution is 2.28. The van der Waals surface area contributed by atoms with Crippen molar-refractivity contribution in [1.82, 2.24) is 4.57 Å². The fraction of sp³-hybridized carbons (Fsp3) is 0.176. The number of carbonyl (C=O) groups excluding carboxylic acids is 1. The maximum Gasteiger partial charge on any atom is 0.419 e. The number of non-ortho nitro benzene ring substituents is 1. The number of hydrogen-bond acceptors (Lipinski definition) is 6. The summed E-state index contributed by atoms with van der Waals surface area (Å²) in [6, 6.07) is 8.40. The molecule has 0 spiro atoms. The van der Waals surface area contributed by atoms with Crippen LogP contribution in [-0.2, 0) is 11.3 Å². The van der Waals surface area contributed by atoms with E-state index in [4.69, 9.17) is 32.4 Å². The maximum atomic E-state index is 11.9. The van der Waals surface area contributed by atoms with Crippen molar-refractivity contribution in [2.24, 2.45) is 0 Å². The van der Waals surface area contributed by atoms with Crippen LogP contribution in [0.5, 0.6) is 5.75 Å². The van der Waals surface area contributed by atoms with Crippen LogP contribution in [0.3, 0.4) is 0 Å². The number of esters is 1. The SMILES string of the molecule is O=C(CCCn1c(=O)oc2cc([N+](=O)[O-])ccc21)Oc1ccc(Cl)cc1Cl. The lowest BCUT2D eigenvalue weighted by Gasteiger charge is -2.06. The molecule has 3 rings (SSSR count). The smallest absolute Gasteiger partial charge is 0.419 e. The normalized spacial score (nSPS) is 10.9. The van der Waals surface area contributed by atoms with Gasteiger partial charge < -0.3 is 9.15 Å². The number of carbonyl (C=O) groups is 1. The van der Waals surface area contributed by atoms with Crippen molar-refractivity contribution in [2.45, 2.75) is 19.4 Å². The van der Waals surface area contributed by atoms with Gasteiger partial charge in [-0.1, -0.05) is 23.2 Å². The average Bonchev–Trinajstić information content (AvgIpc) is 2.92. The molecule has 0 bridgehead atoms. The number of hydrogen-bond donors (Lipinski definition) is 0. The topological polar surface area (TPSA) is 105 Å². The maximum absolute atomic E-state index is 11.9. The molecule has 140 valence electrons. The fourth-order valence-electron chi connectivity index (χ4n) is 2.49. The second-order valence-corrected chi connectivity index (χ2v) is 6.42. The molecule has 0 saturated heterocycles. The first-order valence-electron chi connectivity index (χ1n) is 7.78. The molecule has 0 aliphatic rings. The highest BCUT2D eigenvalue weighted by atomic mass is 35.5. The number of ether oxygens (including phenoxy) is 1. The molecule has 1 heterocycles. The monoisotopic (exact) mass is 410 g/mol. The summed E-state index contributed by atoms with van der Waals surface area (Å²) >= 11 is 11.7. The summed E-state index contributed by atoms with van der Waals surface area (Å²) < 4.78 is 11.5. The van der Waals surface area contributed by atoms with Gasteiger partial charge in [0, 0.05) is 24.1 Å². The molecule has 0 saturated carbocycles. The van der Waals surface area contributed by atoms with Gasteiger partial charge in [-0.05, 0) is 30.7 Å². The fourth-order valence-corrected chi connectivity index (χ4v) is 2.94. The van der Waals surface area contributed by atoms with Crippen LogP contribution in [0.15, 0.2) is 45.6 Å². The van der Waals surface area contributed by atoms with E-state index in [0.717, 1.165) is 0 Å². The standard InChI is InChI=1S/C17H12Cl2N2O6/c18-10-3-6-14(12(19)8-10)26-16(22)2-1-7-20-13-5-4-11(21(24)25)9-15(13)27-17(20)23/h3-6,8-9H,1-2,7H2. The third-order valence-corrected chi connectivity index (χ3v) is 4.27. The van der Waals surface area contributed by atoms with Crippen LogP contribution in [0, 0.1) is 10.1 Å². The highest BCUT2D eigenvalue weighted by molar-refractivity contribution is 6.35. The molecule has 1 aromatic heterocycles. The van der Waals surface area contributed by atoms with Crippen LogP contribution in [-0.4, -0.2) is 15.5 Å². The van der Waals surface area contributed by atoms with Crippen molar-refractivity contribution in [3.63, 3.8) is 0 Å². The molecule has 10 heteroatoms. The molecule has 0 aliphatic heterocycles. The van der Waals surface area contributed by atoms with E-state index in [2.05, 4.69) is 0 Å². The van der Waals surface area contributed by atoms with Gasteiger partial charge >= 0.3 is 11.7 Å². The lowest BCUT2D eigenvalue weighted by atomic mass is 10.2. The number of rotatable bonds is 6. The molecule has 2 aromatic carbocycles. The van der Waals surface area contributed by atoms with E-state index < -0.39 is 16.6 Å². The number of benzene rings is 2. The summed E-state index contributed by atoms with van der Waals surface area (Å²) in [5.74, 6) is -0.973. The third-order valence-electron chi connectivity index (χ3n) is 3.74. The second-order valence-electron chi connectivity index (χ2n) is 5.58. The number of fused-ring (bicyclic) bond motifs is 1. The predicted molar refractivity (Wildman–Crippen MR) is 98.5 cm³/mol. The van der Waals surface area contributed by atoms with Gasteiger partial charge in [-0.15, -0.1) is 0 Å². The van der Waals surface area contributed by atoms with Gasteiger partial charge in [0.05, 0.1) is 21.5 Å². The molecule has 8 nitrogen and oxygen atoms in total. The Bertz CT molecular complexity index is 1090. The highest BCUT2D eigenvalue weighted by Gasteiger charge is 2.15. The lowest BCUT2D eigenvalue weighted by Crippen LogP contribution is -2.16. The number of oxazole rings is 1. The Morgan fingerprint density at radius 1 is 1.22 bits per heavy atom. The Hall–Kier alpha value is -2.84. The van der Waals surface area contributed by atoms with Crippen LogP contribution in [0.25, 0.3) is 11.1 Å². The molecule has 0 radical (unpaired) electrons. The van der Waals surface area contributed by atoms with Crippen LogP contribution < -0.4 is 10.5 Å². The van der Waals surface area contributed by atoms with Crippen LogP contribution in [0.4, 0.5) is 5.69 Å². The van der Waals surface area contributed by atoms with Gasteiger partial charge in [-0.3, -0.25) is 19.5 Å². The summed E-state index contributed by atoms with van der Waals surface area (Å²) in [6.45, 7) is 0.188. The van der Waals surface area contributed by atoms with Gasteiger partial charge in [0.2, 0.25) is 0 Å². The zero-order chi connectivity index (χ0) is 19.6. The van der Waals surface area contributed by atoms with Crippen molar-refractivity contribution in [3.8, 4) is 5.75 Å². The minimum Gasteiger partial charge on any atom is -0.425 e. The quantitative estimate of drug-likeness (QED) is 0.261. The Labute approximate surface area is 162 Å². The zero-order valence-electron chi connectivity index (χ0n) is 13.7. The van der Waals surface area contributed by atoms with Crippen molar-refractivity contribution in [3.05, 3.63) is 67.1 Å². The number of halogens is 2. The molecule has 0 amide bonds. The summed E-state index contributed by atoms with van der Waals surface area (Å²) in [4.78, 5) is 34.1. The summed E-state index contributed by atoms with van der Waals surface area (Å²) in [5, 5.41) is 11.4. The molecule has 0 fully saturated rings. The van der Waals surface area contributed by atoms with Crippen LogP contribution >= 0.6 is 23.2 Å². The minimum atomic E-state index is -0.653. The van der Waals surface area contributed by atoms with Gasteiger partial charge in [-0.2, -0.15) is 0 Å². The molecule has 3 aromatic rings. The van der Waals surface area contributed by atoms with E-state index in [1.54, 1.807) is 6.07 Å². The average molecular weight is 411 g/mol. The van der Waals surface area contributed by atoms with Crippen molar-refractivity contribution in [2.75, 3.05) is 0 Å². The summed E-state index contributed by atoms with van der Waals surface area (Å²) in [7, 11) is 0. The predicted octanol–water partition coefficient (Wildman–Crippen LogP) is 4.20. The molecule has 0 atom stereocenters. The van der Waals surface area contributed by atoms with Crippen LogP contribution in [0.2, 0.25) is 10.0 Å². The lowest BCUT2D eigenvalue weighted by molar-refractivity contribution is -0.384. The first-order chi connectivity index (χ1) is 12.8. The van der Waals surface area contributed by atoms with Gasteiger partial charge in [0.15, 0.2) is 5.58 Å². The first kappa shape index (κ1) is 18.9. The molecule has 0 aliphatic carbocycles. The van der Waals surface area contributed by atoms with E-state index in [1.165, 1.54) is 34.9 Å². The van der Waals surface area contributed by atoms with E-state index in [9.17, 15) is 19.7 Å². The number of nitrogens with zero attached hydrogens (tertiary/aromatic N) is 2. The third kappa shape index (κ3) is 4.29. The molecular weight excluding hydrogens is 399 g/mol. The first-order valence-corrected chi connectivity index (χ1v) is 8.54. The van der Waals surface area contributed by atoms with Gasteiger partial charge in [-0.25, -0.2) is 4.79 Å². The van der Waals surface area contributed by atoms with E-state index >= 15 is 0 Å². The van der Waals surface area contributed by atoms with Crippen molar-refractivity contribution >= 4 is 46.0 Å². The molecule has 0 N–H and O–H groups in total. The molecule has 0 unspecified atom stereocenters.